The van der Waals surface area contributed by atoms with Gasteiger partial charge in [0.25, 0.3) is 0 Å². The minimum atomic E-state index is 0.719. The van der Waals surface area contributed by atoms with Gasteiger partial charge in [0, 0.05) is 0 Å². The highest BCUT2D eigenvalue weighted by Crippen LogP contribution is 2.33. The van der Waals surface area contributed by atoms with Crippen molar-refractivity contribution in [1.29, 1.82) is 0 Å². The lowest BCUT2D eigenvalue weighted by Crippen LogP contribution is -2.09. The van der Waals surface area contributed by atoms with E-state index in [4.69, 9.17) is 0 Å². The summed E-state index contributed by atoms with van der Waals surface area (Å²) in [5.41, 5.74) is 5.99. The van der Waals surface area contributed by atoms with E-state index in [9.17, 15) is 0 Å². The van der Waals surface area contributed by atoms with Crippen molar-refractivity contribution in [2.45, 2.75) is 228 Å². The lowest BCUT2D eigenvalue weighted by molar-refractivity contribution is 0.344. The Kier molecular flexibility index (Phi) is 44.7. The van der Waals surface area contributed by atoms with Gasteiger partial charge in [-0.2, -0.15) is 0 Å². The van der Waals surface area contributed by atoms with Crippen molar-refractivity contribution < 1.29 is 0 Å². The van der Waals surface area contributed by atoms with Crippen molar-refractivity contribution in [2.24, 2.45) is 65.1 Å². The molecule has 0 N–H and O–H groups in total. The average molecular weight is 976 g/mol. The molecular formula is C71H122. The molecule has 0 aromatic heterocycles. The van der Waals surface area contributed by atoms with Crippen molar-refractivity contribution >= 4 is 0 Å². The molecule has 0 nitrogen and oxygen atoms in total. The number of benzene rings is 4. The average Bonchev–Trinajstić information content (AvgIpc) is 3.30. The van der Waals surface area contributed by atoms with Crippen molar-refractivity contribution in [2.75, 3.05) is 0 Å². The molecule has 0 aliphatic heterocycles. The molecule has 0 bridgehead atoms. The van der Waals surface area contributed by atoms with Crippen LogP contribution < -0.4 is 0 Å². The van der Waals surface area contributed by atoms with Crippen molar-refractivity contribution in [1.82, 2.24) is 0 Å². The second kappa shape index (κ2) is 44.1. The Morgan fingerprint density at radius 1 is 0.296 bits per heavy atom. The molecule has 4 aromatic rings. The fraction of sp³-hybridized carbons (Fsp3) is 0.634. The third-order valence-corrected chi connectivity index (χ3v) is 13.0. The Labute approximate surface area is 447 Å². The summed E-state index contributed by atoms with van der Waals surface area (Å²) in [5.74, 6) is 11.6. The standard InChI is InChI=1S/4C14H22.C9H20.C3H8.C3H6/c4*1-11(2)10-14(12(3)4)13-8-6-5-7-9-13;1-7(2)6-9(5)8(3)4;2*1-3-2/h4*5-9,11-12,14H,10H2,1-4H3;7-9H,6H2,1-5H3;3H2,1-2H3;3H,1H2,2H3. The maximum absolute atomic E-state index is 3.36. The van der Waals surface area contributed by atoms with Gasteiger partial charge in [-0.1, -0.05) is 293 Å². The highest BCUT2D eigenvalue weighted by Gasteiger charge is 2.19. The normalized spacial score (nSPS) is 13.0. The SMILES string of the molecule is C=CC.CC(C)CC(C)C(C)C.CC(C)CC(c1ccccc1)C(C)C.CC(C)CC(c1ccccc1)C(C)C.CC(C)CC(c1ccccc1)C(C)C.CC(C)CC(c1ccccc1)C(C)C.CCC. The molecule has 0 radical (unpaired) electrons. The third kappa shape index (κ3) is 38.9. The van der Waals surface area contributed by atoms with Crippen LogP contribution in [0, 0.1) is 65.1 Å². The summed E-state index contributed by atoms with van der Waals surface area (Å²) in [4.78, 5) is 0. The van der Waals surface area contributed by atoms with Gasteiger partial charge in [-0.25, -0.2) is 0 Å². The molecule has 0 aliphatic rings. The van der Waals surface area contributed by atoms with Crippen LogP contribution in [0.2, 0.25) is 0 Å². The fourth-order valence-corrected chi connectivity index (χ4v) is 9.02. The molecule has 71 heavy (non-hydrogen) atoms. The van der Waals surface area contributed by atoms with Gasteiger partial charge >= 0.3 is 0 Å². The van der Waals surface area contributed by atoms with Gasteiger partial charge in [-0.05, 0) is 150 Å². The summed E-state index contributed by atoms with van der Waals surface area (Å²) < 4.78 is 0. The predicted octanol–water partition coefficient (Wildman–Crippen LogP) is 23.8. The van der Waals surface area contributed by atoms with E-state index in [2.05, 4.69) is 287 Å². The van der Waals surface area contributed by atoms with Crippen LogP contribution in [0.15, 0.2) is 134 Å². The number of allylic oxidation sites excluding steroid dienone is 1. The first kappa shape index (κ1) is 71.9. The van der Waals surface area contributed by atoms with Gasteiger partial charge in [0.05, 0.1) is 0 Å². The summed E-state index contributed by atoms with van der Waals surface area (Å²) in [7, 11) is 0. The van der Waals surface area contributed by atoms with E-state index >= 15 is 0 Å². The highest BCUT2D eigenvalue weighted by atomic mass is 14.2. The fourth-order valence-electron chi connectivity index (χ4n) is 9.02. The quantitative estimate of drug-likeness (QED) is 0.0822. The Morgan fingerprint density at radius 2 is 0.451 bits per heavy atom. The first-order valence-corrected chi connectivity index (χ1v) is 29.1. The maximum atomic E-state index is 3.36. The van der Waals surface area contributed by atoms with Gasteiger partial charge < -0.3 is 0 Å². The van der Waals surface area contributed by atoms with Crippen molar-refractivity contribution in [3.8, 4) is 0 Å². The molecule has 406 valence electrons. The molecule has 0 heterocycles. The number of hydrogen-bond acceptors (Lipinski definition) is 0. The summed E-state index contributed by atoms with van der Waals surface area (Å²) in [6.45, 7) is 58.0. The zero-order valence-electron chi connectivity index (χ0n) is 51.7. The van der Waals surface area contributed by atoms with E-state index in [0.29, 0.717) is 0 Å². The van der Waals surface area contributed by atoms with Crippen LogP contribution in [0.3, 0.4) is 0 Å². The summed E-state index contributed by atoms with van der Waals surface area (Å²) >= 11 is 0. The van der Waals surface area contributed by atoms with E-state index in [1.165, 1.54) is 60.8 Å². The van der Waals surface area contributed by atoms with Crippen molar-refractivity contribution in [3.05, 3.63) is 156 Å². The van der Waals surface area contributed by atoms with Crippen LogP contribution in [0.5, 0.6) is 0 Å². The largest absolute Gasteiger partial charge is 0.103 e. The lowest BCUT2D eigenvalue weighted by Gasteiger charge is -2.23. The molecule has 0 spiro atoms. The summed E-state index contributed by atoms with van der Waals surface area (Å²) in [6.07, 6.45) is 9.55. The molecule has 5 atom stereocenters. The van der Waals surface area contributed by atoms with Crippen LogP contribution in [0.4, 0.5) is 0 Å². The molecule has 4 aromatic carbocycles. The first-order valence-electron chi connectivity index (χ1n) is 29.1. The third-order valence-electron chi connectivity index (χ3n) is 13.0. The van der Waals surface area contributed by atoms with Gasteiger partial charge in [0.1, 0.15) is 0 Å². The minimum absolute atomic E-state index is 0.719. The van der Waals surface area contributed by atoms with Crippen LogP contribution in [-0.2, 0) is 0 Å². The predicted molar refractivity (Wildman–Crippen MR) is 329 cm³/mol. The van der Waals surface area contributed by atoms with Crippen LogP contribution in [0.25, 0.3) is 0 Å². The topological polar surface area (TPSA) is 0 Å². The molecule has 0 amide bonds. The van der Waals surface area contributed by atoms with E-state index in [1.807, 2.05) is 6.92 Å². The monoisotopic (exact) mass is 975 g/mol. The Morgan fingerprint density at radius 3 is 0.549 bits per heavy atom. The second-order valence-electron chi connectivity index (χ2n) is 24.5. The smallest absolute Gasteiger partial charge is 0.0136 e. The van der Waals surface area contributed by atoms with E-state index in [1.54, 1.807) is 6.08 Å². The van der Waals surface area contributed by atoms with E-state index < -0.39 is 0 Å². The first-order chi connectivity index (χ1) is 33.3. The molecule has 0 saturated heterocycles. The van der Waals surface area contributed by atoms with Gasteiger partial charge in [0.15, 0.2) is 0 Å². The Hall–Kier alpha value is -3.38. The summed E-state index contributed by atoms with van der Waals surface area (Å²) in [5, 5.41) is 0. The Bertz CT molecular complexity index is 1440. The molecule has 0 fully saturated rings. The number of hydrogen-bond donors (Lipinski definition) is 0. The molecule has 0 aliphatic carbocycles. The lowest BCUT2D eigenvalue weighted by atomic mass is 9.82. The van der Waals surface area contributed by atoms with E-state index in [-0.39, 0.29) is 0 Å². The number of rotatable bonds is 19. The van der Waals surface area contributed by atoms with Crippen molar-refractivity contribution in [3.63, 3.8) is 0 Å². The molecule has 5 unspecified atom stereocenters. The summed E-state index contributed by atoms with van der Waals surface area (Å²) in [6, 6.07) is 43.6. The second-order valence-corrected chi connectivity index (χ2v) is 24.5. The molecule has 4 rings (SSSR count). The maximum Gasteiger partial charge on any atom is -0.0136 e. The Balaban J connectivity index is -0.000000796. The van der Waals surface area contributed by atoms with Crippen LogP contribution in [0.1, 0.15) is 251 Å². The zero-order valence-corrected chi connectivity index (χ0v) is 51.7. The van der Waals surface area contributed by atoms with Crippen LogP contribution in [-0.4, -0.2) is 0 Å². The van der Waals surface area contributed by atoms with Gasteiger partial charge in [-0.15, -0.1) is 6.58 Å². The van der Waals surface area contributed by atoms with Crippen LogP contribution >= 0.6 is 0 Å². The van der Waals surface area contributed by atoms with Gasteiger partial charge in [-0.3, -0.25) is 0 Å². The van der Waals surface area contributed by atoms with E-state index in [0.717, 1.165) is 88.8 Å². The minimum Gasteiger partial charge on any atom is -0.103 e. The zero-order chi connectivity index (χ0) is 55.1. The highest BCUT2D eigenvalue weighted by molar-refractivity contribution is 5.22. The molecular weight excluding hydrogens is 853 g/mol. The van der Waals surface area contributed by atoms with Gasteiger partial charge in [0.2, 0.25) is 0 Å². The molecule has 0 saturated carbocycles. The molecule has 0 heteroatoms.